The van der Waals surface area contributed by atoms with E-state index in [-0.39, 0.29) is 6.42 Å². The molecule has 1 aromatic rings. The highest BCUT2D eigenvalue weighted by molar-refractivity contribution is 5.69. The molecule has 1 aromatic carbocycles. The maximum absolute atomic E-state index is 11.0. The van der Waals surface area contributed by atoms with Crippen LogP contribution in [0.1, 0.15) is 31.4 Å². The monoisotopic (exact) mass is 282 g/mol. The van der Waals surface area contributed by atoms with Gasteiger partial charge < -0.3 is 19.3 Å². The van der Waals surface area contributed by atoms with Crippen molar-refractivity contribution < 1.29 is 24.1 Å². The number of hydrogen-bond donors (Lipinski definition) is 1. The summed E-state index contributed by atoms with van der Waals surface area (Å²) < 4.78 is 15.8. The third-order valence-electron chi connectivity index (χ3n) is 3.23. The molecule has 5 nitrogen and oxygen atoms in total. The molecule has 0 aromatic heterocycles. The van der Waals surface area contributed by atoms with E-state index in [9.17, 15) is 4.79 Å². The normalized spacial score (nSPS) is 11.2. The van der Waals surface area contributed by atoms with E-state index in [0.29, 0.717) is 18.1 Å². The van der Waals surface area contributed by atoms with Crippen LogP contribution in [0, 0.1) is 0 Å². The molecule has 0 amide bonds. The maximum atomic E-state index is 11.0. The van der Waals surface area contributed by atoms with Gasteiger partial charge in [0.15, 0.2) is 11.5 Å². The summed E-state index contributed by atoms with van der Waals surface area (Å²) in [7, 11) is 4.73. The van der Waals surface area contributed by atoms with Gasteiger partial charge in [0, 0.05) is 12.5 Å². The highest BCUT2D eigenvalue weighted by atomic mass is 16.5. The molecule has 0 radical (unpaired) electrons. The predicted octanol–water partition coefficient (Wildman–Crippen LogP) is 2.60. The van der Waals surface area contributed by atoms with Crippen molar-refractivity contribution in [2.75, 3.05) is 21.3 Å². The summed E-state index contributed by atoms with van der Waals surface area (Å²) in [4.78, 5) is 11.0. The molecule has 0 fully saturated rings. The lowest BCUT2D eigenvalue weighted by Crippen LogP contribution is -2.23. The first-order valence-corrected chi connectivity index (χ1v) is 6.31. The number of benzene rings is 1. The van der Waals surface area contributed by atoms with E-state index in [1.807, 2.05) is 26.0 Å². The Labute approximate surface area is 119 Å². The van der Waals surface area contributed by atoms with Gasteiger partial charge in [0.25, 0.3) is 0 Å². The molecular weight excluding hydrogens is 260 g/mol. The largest absolute Gasteiger partial charge is 0.493 e. The molecule has 0 aliphatic rings. The highest BCUT2D eigenvalue weighted by Crippen LogP contribution is 2.38. The zero-order chi connectivity index (χ0) is 15.3. The lowest BCUT2D eigenvalue weighted by atomic mass is 9.79. The number of methoxy groups -OCH3 is 3. The second-order valence-corrected chi connectivity index (χ2v) is 5.25. The molecule has 0 heterocycles. The Morgan fingerprint density at radius 1 is 1.15 bits per heavy atom. The van der Waals surface area contributed by atoms with Crippen molar-refractivity contribution in [2.24, 2.45) is 0 Å². The Balaban J connectivity index is 3.37. The molecule has 1 rings (SSSR count). The van der Waals surface area contributed by atoms with Crippen molar-refractivity contribution in [1.82, 2.24) is 0 Å². The minimum Gasteiger partial charge on any atom is -0.493 e. The fourth-order valence-electron chi connectivity index (χ4n) is 2.30. The number of carboxylic acids is 1. The van der Waals surface area contributed by atoms with Gasteiger partial charge in [-0.05, 0) is 23.3 Å². The topological polar surface area (TPSA) is 65.0 Å². The standard InChI is InChI=1S/C15H22O5/c1-15(2,8-14(16)17)11-7-13(20-5)12(19-4)6-10(11)9-18-3/h6-7H,8-9H2,1-5H3,(H,16,17). The van der Waals surface area contributed by atoms with Crippen molar-refractivity contribution in [1.29, 1.82) is 0 Å². The predicted molar refractivity (Wildman–Crippen MR) is 75.5 cm³/mol. The zero-order valence-corrected chi connectivity index (χ0v) is 12.6. The van der Waals surface area contributed by atoms with E-state index in [2.05, 4.69) is 0 Å². The minimum absolute atomic E-state index is 0.0270. The molecule has 0 aliphatic heterocycles. The van der Waals surface area contributed by atoms with Crippen LogP contribution < -0.4 is 9.47 Å². The van der Waals surface area contributed by atoms with Crippen LogP contribution in [0.4, 0.5) is 0 Å². The summed E-state index contributed by atoms with van der Waals surface area (Å²) in [6.45, 7) is 4.17. The van der Waals surface area contributed by atoms with Crippen LogP contribution in [0.5, 0.6) is 11.5 Å². The maximum Gasteiger partial charge on any atom is 0.304 e. The number of carboxylic acid groups (broad SMARTS) is 1. The average Bonchev–Trinajstić information content (AvgIpc) is 2.36. The van der Waals surface area contributed by atoms with Crippen molar-refractivity contribution in [3.05, 3.63) is 23.3 Å². The van der Waals surface area contributed by atoms with E-state index >= 15 is 0 Å². The van der Waals surface area contributed by atoms with E-state index < -0.39 is 11.4 Å². The number of rotatable bonds is 7. The summed E-state index contributed by atoms with van der Waals surface area (Å²) >= 11 is 0. The fourth-order valence-corrected chi connectivity index (χ4v) is 2.30. The van der Waals surface area contributed by atoms with Gasteiger partial charge in [0.1, 0.15) is 0 Å². The van der Waals surface area contributed by atoms with E-state index in [0.717, 1.165) is 11.1 Å². The van der Waals surface area contributed by atoms with Gasteiger partial charge in [0.2, 0.25) is 0 Å². The lowest BCUT2D eigenvalue weighted by Gasteiger charge is -2.27. The van der Waals surface area contributed by atoms with Gasteiger partial charge in [-0.1, -0.05) is 13.8 Å². The molecule has 0 saturated carbocycles. The van der Waals surface area contributed by atoms with Gasteiger partial charge >= 0.3 is 5.97 Å². The molecule has 20 heavy (non-hydrogen) atoms. The second-order valence-electron chi connectivity index (χ2n) is 5.25. The average molecular weight is 282 g/mol. The molecular formula is C15H22O5. The van der Waals surface area contributed by atoms with Gasteiger partial charge in [-0.2, -0.15) is 0 Å². The van der Waals surface area contributed by atoms with Gasteiger partial charge in [0.05, 0.1) is 27.2 Å². The van der Waals surface area contributed by atoms with Crippen LogP contribution >= 0.6 is 0 Å². The quantitative estimate of drug-likeness (QED) is 0.832. The van der Waals surface area contributed by atoms with Crippen molar-refractivity contribution in [3.63, 3.8) is 0 Å². The number of hydrogen-bond acceptors (Lipinski definition) is 4. The lowest BCUT2D eigenvalue weighted by molar-refractivity contribution is -0.138. The van der Waals surface area contributed by atoms with E-state index in [1.54, 1.807) is 21.3 Å². The first kappa shape index (κ1) is 16.3. The van der Waals surface area contributed by atoms with E-state index in [4.69, 9.17) is 19.3 Å². The summed E-state index contributed by atoms with van der Waals surface area (Å²) in [5.74, 6) is 0.350. The third kappa shape index (κ3) is 3.63. The number of aliphatic carboxylic acids is 1. The summed E-state index contributed by atoms with van der Waals surface area (Å²) in [5.41, 5.74) is 1.26. The Bertz CT molecular complexity index is 479. The van der Waals surface area contributed by atoms with Crippen molar-refractivity contribution in [2.45, 2.75) is 32.3 Å². The van der Waals surface area contributed by atoms with Crippen LogP contribution in [0.3, 0.4) is 0 Å². The summed E-state index contributed by atoms with van der Waals surface area (Å²) in [6.07, 6.45) is 0.0270. The molecule has 5 heteroatoms. The molecule has 0 aliphatic carbocycles. The zero-order valence-electron chi connectivity index (χ0n) is 12.6. The van der Waals surface area contributed by atoms with Crippen molar-refractivity contribution >= 4 is 5.97 Å². The molecule has 112 valence electrons. The Kier molecular flexibility index (Phi) is 5.39. The summed E-state index contributed by atoms with van der Waals surface area (Å²) in [5, 5.41) is 9.07. The number of ether oxygens (including phenoxy) is 3. The SMILES string of the molecule is COCc1cc(OC)c(OC)cc1C(C)(C)CC(=O)O. The third-order valence-corrected chi connectivity index (χ3v) is 3.23. The molecule has 0 atom stereocenters. The van der Waals surface area contributed by atoms with Crippen LogP contribution in [-0.2, 0) is 21.6 Å². The number of carbonyl (C=O) groups is 1. The van der Waals surface area contributed by atoms with Crippen molar-refractivity contribution in [3.8, 4) is 11.5 Å². The molecule has 0 saturated heterocycles. The van der Waals surface area contributed by atoms with Gasteiger partial charge in [-0.25, -0.2) is 0 Å². The molecule has 1 N–H and O–H groups in total. The fraction of sp³-hybridized carbons (Fsp3) is 0.533. The second kappa shape index (κ2) is 6.61. The van der Waals surface area contributed by atoms with Crippen LogP contribution in [-0.4, -0.2) is 32.4 Å². The van der Waals surface area contributed by atoms with Gasteiger partial charge in [-0.3, -0.25) is 4.79 Å². The highest BCUT2D eigenvalue weighted by Gasteiger charge is 2.28. The Morgan fingerprint density at radius 3 is 2.15 bits per heavy atom. The molecule has 0 bridgehead atoms. The van der Waals surface area contributed by atoms with Crippen LogP contribution in [0.15, 0.2) is 12.1 Å². The van der Waals surface area contributed by atoms with E-state index in [1.165, 1.54) is 0 Å². The van der Waals surface area contributed by atoms with Crippen LogP contribution in [0.25, 0.3) is 0 Å². The first-order valence-electron chi connectivity index (χ1n) is 6.31. The Morgan fingerprint density at radius 2 is 1.70 bits per heavy atom. The first-order chi connectivity index (χ1) is 9.35. The summed E-state index contributed by atoms with van der Waals surface area (Å²) in [6, 6.07) is 3.66. The molecule has 0 unspecified atom stereocenters. The smallest absolute Gasteiger partial charge is 0.304 e. The van der Waals surface area contributed by atoms with Crippen LogP contribution in [0.2, 0.25) is 0 Å². The Hall–Kier alpha value is -1.75. The van der Waals surface area contributed by atoms with Gasteiger partial charge in [-0.15, -0.1) is 0 Å². The molecule has 0 spiro atoms. The minimum atomic E-state index is -0.840.